The third-order valence-electron chi connectivity index (χ3n) is 13.1. The van der Waals surface area contributed by atoms with Gasteiger partial charge in [0, 0.05) is 43.6 Å². The molecule has 12 aromatic rings. The number of rotatable bonds is 3. The maximum Gasteiger partial charge on any atom is 0.235 e. The van der Waals surface area contributed by atoms with Crippen LogP contribution in [-0.2, 0) is 5.41 Å². The molecular weight excluding hydrogens is 717 g/mol. The number of hydrogen-bond donors (Lipinski definition) is 0. The molecule has 3 aromatic heterocycles. The van der Waals surface area contributed by atoms with Crippen molar-refractivity contribution in [3.8, 4) is 34.0 Å². The van der Waals surface area contributed by atoms with Crippen molar-refractivity contribution in [2.24, 2.45) is 0 Å². The van der Waals surface area contributed by atoms with Crippen molar-refractivity contribution in [3.05, 3.63) is 193 Å². The highest BCUT2D eigenvalue weighted by Gasteiger charge is 2.35. The fourth-order valence-corrected chi connectivity index (χ4v) is 10.2. The molecule has 1 aliphatic rings. The van der Waals surface area contributed by atoms with Crippen molar-refractivity contribution < 1.29 is 0 Å². The zero-order valence-corrected chi connectivity index (χ0v) is 32.6. The van der Waals surface area contributed by atoms with E-state index < -0.39 is 0 Å². The largest absolute Gasteiger partial charge is 0.309 e. The van der Waals surface area contributed by atoms with Crippen molar-refractivity contribution in [1.29, 1.82) is 0 Å². The summed E-state index contributed by atoms with van der Waals surface area (Å²) in [5, 5.41) is 10.8. The van der Waals surface area contributed by atoms with Crippen LogP contribution in [0, 0.1) is 0 Å². The molecule has 0 saturated heterocycles. The monoisotopic (exact) mass is 752 g/mol. The molecule has 13 rings (SSSR count). The molecule has 59 heavy (non-hydrogen) atoms. The molecule has 0 N–H and O–H groups in total. The molecule has 4 heteroatoms. The van der Waals surface area contributed by atoms with Crippen molar-refractivity contribution in [2.45, 2.75) is 19.3 Å². The summed E-state index contributed by atoms with van der Waals surface area (Å²) >= 11 is 0. The average molecular weight is 753 g/mol. The summed E-state index contributed by atoms with van der Waals surface area (Å²) in [6, 6.07) is 66.5. The molecule has 0 saturated carbocycles. The Morgan fingerprint density at radius 1 is 0.390 bits per heavy atom. The predicted octanol–water partition coefficient (Wildman–Crippen LogP) is 14.1. The van der Waals surface area contributed by atoms with Gasteiger partial charge < -0.3 is 4.57 Å². The number of benzene rings is 9. The molecule has 1 aliphatic carbocycles. The molecule has 4 nitrogen and oxygen atoms in total. The van der Waals surface area contributed by atoms with Gasteiger partial charge in [-0.05, 0) is 104 Å². The first kappa shape index (κ1) is 32.5. The summed E-state index contributed by atoms with van der Waals surface area (Å²) < 4.78 is 4.69. The molecule has 0 spiro atoms. The Morgan fingerprint density at radius 3 is 1.78 bits per heavy atom. The number of fused-ring (bicyclic) bond motifs is 12. The standard InChI is InChI=1S/C55H36N4/c1-55(2)46-19-9-5-15-39(46)40-26-24-36(30-47(40)55)53-43-18-6-10-20-48(43)56-54(57-53)59-50-22-12-8-17-42(50)45-29-35-23-25-38(27-37(35)32-52(45)59)58-49-21-11-7-16-41(49)44-28-33-13-3-4-14-34(33)31-51(44)58/h3-32H,1-2H3. The van der Waals surface area contributed by atoms with E-state index in [2.05, 4.69) is 205 Å². The first-order valence-electron chi connectivity index (χ1n) is 20.4. The van der Waals surface area contributed by atoms with Crippen molar-refractivity contribution in [3.63, 3.8) is 0 Å². The van der Waals surface area contributed by atoms with Crippen molar-refractivity contribution in [2.75, 3.05) is 0 Å². The van der Waals surface area contributed by atoms with Crippen LogP contribution in [0.5, 0.6) is 0 Å². The van der Waals surface area contributed by atoms with Crippen LogP contribution in [0.15, 0.2) is 182 Å². The smallest absolute Gasteiger partial charge is 0.235 e. The second-order valence-electron chi connectivity index (χ2n) is 16.6. The Bertz CT molecular complexity index is 3770. The zero-order chi connectivity index (χ0) is 39.0. The van der Waals surface area contributed by atoms with Crippen LogP contribution in [-0.4, -0.2) is 19.1 Å². The van der Waals surface area contributed by atoms with Gasteiger partial charge in [0.25, 0.3) is 0 Å². The number of para-hydroxylation sites is 3. The minimum Gasteiger partial charge on any atom is -0.309 e. The van der Waals surface area contributed by atoms with Gasteiger partial charge in [-0.15, -0.1) is 0 Å². The van der Waals surface area contributed by atoms with E-state index in [0.717, 1.165) is 44.3 Å². The SMILES string of the molecule is CC1(C)c2ccccc2-c2ccc(-c3nc(-n4c5ccccc5c5cc6ccc(-n7c8ccccc8c8cc9ccccc9cc87)cc6cc54)nc4ccccc34)cc21. The minimum absolute atomic E-state index is 0.118. The lowest BCUT2D eigenvalue weighted by Crippen LogP contribution is -2.15. The highest BCUT2D eigenvalue weighted by atomic mass is 15.2. The van der Waals surface area contributed by atoms with E-state index in [-0.39, 0.29) is 5.41 Å². The molecule has 0 fully saturated rings. The molecule has 9 aromatic carbocycles. The van der Waals surface area contributed by atoms with E-state index in [0.29, 0.717) is 5.95 Å². The first-order valence-corrected chi connectivity index (χ1v) is 20.4. The van der Waals surface area contributed by atoms with Crippen molar-refractivity contribution in [1.82, 2.24) is 19.1 Å². The summed E-state index contributed by atoms with van der Waals surface area (Å²) in [5.74, 6) is 0.665. The lowest BCUT2D eigenvalue weighted by Gasteiger charge is -2.22. The maximum atomic E-state index is 5.52. The van der Waals surface area contributed by atoms with Crippen LogP contribution in [0.4, 0.5) is 0 Å². The van der Waals surface area contributed by atoms with Crippen molar-refractivity contribution >= 4 is 76.1 Å². The van der Waals surface area contributed by atoms with Crippen LogP contribution in [0.2, 0.25) is 0 Å². The van der Waals surface area contributed by atoms with Gasteiger partial charge in [-0.25, -0.2) is 9.97 Å². The second-order valence-corrected chi connectivity index (χ2v) is 16.6. The van der Waals surface area contributed by atoms with E-state index in [9.17, 15) is 0 Å². The molecule has 0 amide bonds. The van der Waals surface area contributed by atoms with E-state index in [4.69, 9.17) is 9.97 Å². The quantitative estimate of drug-likeness (QED) is 0.180. The molecule has 0 aliphatic heterocycles. The highest BCUT2D eigenvalue weighted by molar-refractivity contribution is 6.15. The second kappa shape index (κ2) is 11.7. The van der Waals surface area contributed by atoms with Crippen LogP contribution >= 0.6 is 0 Å². The third-order valence-corrected chi connectivity index (χ3v) is 13.1. The Balaban J connectivity index is 1.04. The fraction of sp³-hybridized carbons (Fsp3) is 0.0545. The number of nitrogens with zero attached hydrogens (tertiary/aromatic N) is 4. The van der Waals surface area contributed by atoms with Crippen LogP contribution in [0.1, 0.15) is 25.0 Å². The van der Waals surface area contributed by atoms with Gasteiger partial charge in [0.05, 0.1) is 33.3 Å². The topological polar surface area (TPSA) is 35.6 Å². The van der Waals surface area contributed by atoms with Gasteiger partial charge in [-0.1, -0.05) is 135 Å². The van der Waals surface area contributed by atoms with Gasteiger partial charge in [-0.2, -0.15) is 0 Å². The highest BCUT2D eigenvalue weighted by Crippen LogP contribution is 2.50. The average Bonchev–Trinajstić information content (AvgIpc) is 3.86. The predicted molar refractivity (Wildman–Crippen MR) is 246 cm³/mol. The molecule has 0 unspecified atom stereocenters. The molecule has 0 bridgehead atoms. The maximum absolute atomic E-state index is 5.52. The van der Waals surface area contributed by atoms with Gasteiger partial charge in [0.15, 0.2) is 0 Å². The molecule has 0 atom stereocenters. The van der Waals surface area contributed by atoms with Gasteiger partial charge in [0.2, 0.25) is 5.95 Å². The summed E-state index contributed by atoms with van der Waals surface area (Å²) in [4.78, 5) is 10.8. The van der Waals surface area contributed by atoms with E-state index in [1.165, 1.54) is 71.0 Å². The van der Waals surface area contributed by atoms with Crippen LogP contribution in [0.25, 0.3) is 110 Å². The normalized spacial score (nSPS) is 13.4. The molecule has 3 heterocycles. The summed E-state index contributed by atoms with van der Waals surface area (Å²) in [5.41, 5.74) is 13.9. The minimum atomic E-state index is -0.118. The van der Waals surface area contributed by atoms with Gasteiger partial charge in [-0.3, -0.25) is 4.57 Å². The molecule has 276 valence electrons. The van der Waals surface area contributed by atoms with Crippen LogP contribution < -0.4 is 0 Å². The van der Waals surface area contributed by atoms with Crippen LogP contribution in [0.3, 0.4) is 0 Å². The Kier molecular flexibility index (Phi) is 6.48. The zero-order valence-electron chi connectivity index (χ0n) is 32.6. The number of hydrogen-bond acceptors (Lipinski definition) is 2. The summed E-state index contributed by atoms with van der Waals surface area (Å²) in [6.45, 7) is 4.67. The molecule has 0 radical (unpaired) electrons. The van der Waals surface area contributed by atoms with E-state index in [1.54, 1.807) is 0 Å². The van der Waals surface area contributed by atoms with E-state index in [1.807, 2.05) is 0 Å². The fourth-order valence-electron chi connectivity index (χ4n) is 10.2. The first-order chi connectivity index (χ1) is 29.0. The lowest BCUT2D eigenvalue weighted by molar-refractivity contribution is 0.660. The lowest BCUT2D eigenvalue weighted by atomic mass is 9.82. The summed E-state index contributed by atoms with van der Waals surface area (Å²) in [7, 11) is 0. The Morgan fingerprint density at radius 2 is 0.983 bits per heavy atom. The summed E-state index contributed by atoms with van der Waals surface area (Å²) in [6.07, 6.45) is 0. The van der Waals surface area contributed by atoms with Gasteiger partial charge in [0.1, 0.15) is 0 Å². The number of aromatic nitrogens is 4. The van der Waals surface area contributed by atoms with E-state index >= 15 is 0 Å². The van der Waals surface area contributed by atoms with Gasteiger partial charge >= 0.3 is 0 Å². The third kappa shape index (κ3) is 4.54. The molecular formula is C55H36N4. The Labute approximate surface area is 340 Å². The Hall–Kier alpha value is -7.56.